The first-order chi connectivity index (χ1) is 9.86. The van der Waals surface area contributed by atoms with E-state index >= 15 is 0 Å². The second-order valence-corrected chi connectivity index (χ2v) is 6.17. The standard InChI is InChI=1S/C12H6BrCl3N2O2S/c13-10-2-1-9(20-10)11(19)18-12(21)17-8-4-6(15)5(14)3-7(8)16/h1-4H,(H2,17,18,19,21). The van der Waals surface area contributed by atoms with Gasteiger partial charge in [-0.15, -0.1) is 0 Å². The van der Waals surface area contributed by atoms with E-state index in [1.807, 2.05) is 0 Å². The summed E-state index contributed by atoms with van der Waals surface area (Å²) in [5.41, 5.74) is 0.428. The Morgan fingerprint density at radius 1 is 1.14 bits per heavy atom. The Bertz CT molecular complexity index is 721. The van der Waals surface area contributed by atoms with Crippen LogP contribution in [-0.4, -0.2) is 11.0 Å². The first kappa shape index (κ1) is 16.6. The summed E-state index contributed by atoms with van der Waals surface area (Å²) in [6.45, 7) is 0. The van der Waals surface area contributed by atoms with Crippen LogP contribution in [0.2, 0.25) is 15.1 Å². The predicted octanol–water partition coefficient (Wildman–Crippen LogP) is 5.13. The van der Waals surface area contributed by atoms with Crippen LogP contribution in [0.3, 0.4) is 0 Å². The highest BCUT2D eigenvalue weighted by molar-refractivity contribution is 9.10. The molecule has 1 amide bonds. The van der Waals surface area contributed by atoms with Crippen LogP contribution in [0.4, 0.5) is 5.69 Å². The van der Waals surface area contributed by atoms with Crippen molar-refractivity contribution in [3.8, 4) is 0 Å². The number of anilines is 1. The number of hydrogen-bond acceptors (Lipinski definition) is 3. The van der Waals surface area contributed by atoms with E-state index in [4.69, 9.17) is 51.4 Å². The first-order valence-electron chi connectivity index (χ1n) is 5.39. The molecule has 0 unspecified atom stereocenters. The molecule has 9 heteroatoms. The fraction of sp³-hybridized carbons (Fsp3) is 0. The van der Waals surface area contributed by atoms with E-state index in [1.165, 1.54) is 18.2 Å². The van der Waals surface area contributed by atoms with Crippen LogP contribution in [0.15, 0.2) is 33.4 Å². The zero-order chi connectivity index (χ0) is 15.6. The van der Waals surface area contributed by atoms with Crippen LogP contribution >= 0.6 is 63.0 Å². The fourth-order valence-electron chi connectivity index (χ4n) is 1.37. The summed E-state index contributed by atoms with van der Waals surface area (Å²) in [7, 11) is 0. The Morgan fingerprint density at radius 3 is 2.43 bits per heavy atom. The van der Waals surface area contributed by atoms with Gasteiger partial charge in [-0.05, 0) is 52.4 Å². The minimum Gasteiger partial charge on any atom is -0.444 e. The number of rotatable bonds is 2. The molecule has 2 N–H and O–H groups in total. The van der Waals surface area contributed by atoms with Crippen molar-refractivity contribution in [3.05, 3.63) is 49.8 Å². The van der Waals surface area contributed by atoms with Gasteiger partial charge in [0.2, 0.25) is 0 Å². The quantitative estimate of drug-likeness (QED) is 0.514. The zero-order valence-electron chi connectivity index (χ0n) is 10.0. The summed E-state index contributed by atoms with van der Waals surface area (Å²) >= 11 is 25.8. The van der Waals surface area contributed by atoms with Gasteiger partial charge in [-0.3, -0.25) is 10.1 Å². The van der Waals surface area contributed by atoms with E-state index in [9.17, 15) is 4.79 Å². The molecule has 2 rings (SSSR count). The molecule has 0 aliphatic heterocycles. The van der Waals surface area contributed by atoms with Crippen molar-refractivity contribution >= 4 is 79.7 Å². The summed E-state index contributed by atoms with van der Waals surface area (Å²) in [5, 5.41) is 6.21. The van der Waals surface area contributed by atoms with Crippen molar-refractivity contribution < 1.29 is 9.21 Å². The van der Waals surface area contributed by atoms with E-state index in [2.05, 4.69) is 26.6 Å². The lowest BCUT2D eigenvalue weighted by Gasteiger charge is -2.11. The van der Waals surface area contributed by atoms with E-state index in [1.54, 1.807) is 6.07 Å². The lowest BCUT2D eigenvalue weighted by Crippen LogP contribution is -2.33. The normalized spacial score (nSPS) is 10.3. The van der Waals surface area contributed by atoms with Crippen molar-refractivity contribution in [2.24, 2.45) is 0 Å². The number of hydrogen-bond donors (Lipinski definition) is 2. The molecule has 1 aromatic carbocycles. The smallest absolute Gasteiger partial charge is 0.293 e. The molecule has 0 bridgehead atoms. The average Bonchev–Trinajstić information content (AvgIpc) is 2.82. The minimum atomic E-state index is -0.491. The Balaban J connectivity index is 2.05. The van der Waals surface area contributed by atoms with Crippen molar-refractivity contribution in [2.75, 3.05) is 5.32 Å². The van der Waals surface area contributed by atoms with Gasteiger partial charge in [-0.1, -0.05) is 34.8 Å². The van der Waals surface area contributed by atoms with Gasteiger partial charge >= 0.3 is 0 Å². The maximum Gasteiger partial charge on any atom is 0.293 e. The molecule has 0 atom stereocenters. The van der Waals surface area contributed by atoms with Crippen LogP contribution in [0.5, 0.6) is 0 Å². The van der Waals surface area contributed by atoms with Crippen molar-refractivity contribution in [1.82, 2.24) is 5.32 Å². The molecular weight excluding hydrogens is 422 g/mol. The Labute approximate surface area is 148 Å². The summed E-state index contributed by atoms with van der Waals surface area (Å²) in [4.78, 5) is 11.8. The van der Waals surface area contributed by atoms with E-state index in [-0.39, 0.29) is 10.9 Å². The Morgan fingerprint density at radius 2 is 1.81 bits per heavy atom. The summed E-state index contributed by atoms with van der Waals surface area (Å²) < 4.78 is 5.55. The third-order valence-corrected chi connectivity index (χ3v) is 3.95. The van der Waals surface area contributed by atoms with Gasteiger partial charge < -0.3 is 9.73 Å². The maximum atomic E-state index is 11.8. The van der Waals surface area contributed by atoms with Crippen LogP contribution in [0.1, 0.15) is 10.6 Å². The number of furan rings is 1. The SMILES string of the molecule is O=C(NC(=S)Nc1cc(Cl)c(Cl)cc1Cl)c1ccc(Br)o1. The molecule has 0 radical (unpaired) electrons. The number of thiocarbonyl (C=S) groups is 1. The van der Waals surface area contributed by atoms with E-state index in [0.29, 0.717) is 25.4 Å². The van der Waals surface area contributed by atoms with Crippen LogP contribution in [-0.2, 0) is 0 Å². The minimum absolute atomic E-state index is 0.0489. The monoisotopic (exact) mass is 426 g/mol. The van der Waals surface area contributed by atoms with Crippen molar-refractivity contribution in [2.45, 2.75) is 0 Å². The van der Waals surface area contributed by atoms with Crippen molar-refractivity contribution in [3.63, 3.8) is 0 Å². The molecule has 0 aliphatic carbocycles. The molecule has 0 saturated carbocycles. The third kappa shape index (κ3) is 4.34. The highest BCUT2D eigenvalue weighted by Crippen LogP contribution is 2.32. The van der Waals surface area contributed by atoms with Gasteiger partial charge in [-0.2, -0.15) is 0 Å². The molecule has 1 aromatic heterocycles. The highest BCUT2D eigenvalue weighted by atomic mass is 79.9. The number of benzene rings is 1. The second kappa shape index (κ2) is 6.98. The van der Waals surface area contributed by atoms with Crippen LogP contribution in [0.25, 0.3) is 0 Å². The molecule has 110 valence electrons. The summed E-state index contributed by atoms with van der Waals surface area (Å²) in [5.74, 6) is -0.374. The third-order valence-electron chi connectivity index (χ3n) is 2.28. The van der Waals surface area contributed by atoms with Gasteiger partial charge in [0.1, 0.15) is 0 Å². The van der Waals surface area contributed by atoms with Crippen LogP contribution < -0.4 is 10.6 Å². The Hall–Kier alpha value is -0.790. The topological polar surface area (TPSA) is 54.3 Å². The highest BCUT2D eigenvalue weighted by Gasteiger charge is 2.13. The molecule has 0 aliphatic rings. The molecule has 2 aromatic rings. The molecule has 0 fully saturated rings. The lowest BCUT2D eigenvalue weighted by molar-refractivity contribution is 0.0949. The first-order valence-corrected chi connectivity index (χ1v) is 7.72. The molecule has 4 nitrogen and oxygen atoms in total. The number of nitrogens with one attached hydrogen (secondary N) is 2. The number of carbonyl (C=O) groups excluding carboxylic acids is 1. The lowest BCUT2D eigenvalue weighted by atomic mass is 10.3. The van der Waals surface area contributed by atoms with Gasteiger partial charge in [0.15, 0.2) is 15.5 Å². The molecule has 21 heavy (non-hydrogen) atoms. The number of carbonyl (C=O) groups is 1. The molecule has 0 spiro atoms. The van der Waals surface area contributed by atoms with E-state index in [0.717, 1.165) is 0 Å². The largest absolute Gasteiger partial charge is 0.444 e. The summed E-state index contributed by atoms with van der Waals surface area (Å²) in [6, 6.07) is 6.09. The van der Waals surface area contributed by atoms with E-state index < -0.39 is 5.91 Å². The Kier molecular flexibility index (Phi) is 5.51. The van der Waals surface area contributed by atoms with Gasteiger partial charge in [0.25, 0.3) is 5.91 Å². The van der Waals surface area contributed by atoms with Gasteiger partial charge in [-0.25, -0.2) is 0 Å². The number of amides is 1. The van der Waals surface area contributed by atoms with Gasteiger partial charge in [0, 0.05) is 0 Å². The summed E-state index contributed by atoms with van der Waals surface area (Å²) in [6.07, 6.45) is 0. The predicted molar refractivity (Wildman–Crippen MR) is 91.6 cm³/mol. The van der Waals surface area contributed by atoms with Gasteiger partial charge in [0.05, 0.1) is 20.8 Å². The molecule has 0 saturated heterocycles. The molecule has 1 heterocycles. The maximum absolute atomic E-state index is 11.8. The zero-order valence-corrected chi connectivity index (χ0v) is 14.7. The number of halogens is 4. The van der Waals surface area contributed by atoms with Crippen LogP contribution in [0, 0.1) is 0 Å². The average molecular weight is 429 g/mol. The van der Waals surface area contributed by atoms with Crippen molar-refractivity contribution in [1.29, 1.82) is 0 Å². The molecular formula is C12H6BrCl3N2O2S. The fourth-order valence-corrected chi connectivity index (χ4v) is 2.48. The second-order valence-electron chi connectivity index (χ2n) is 3.76.